The van der Waals surface area contributed by atoms with Gasteiger partial charge >= 0.3 is 0 Å². The van der Waals surface area contributed by atoms with Crippen LogP contribution in [-0.2, 0) is 6.42 Å². The summed E-state index contributed by atoms with van der Waals surface area (Å²) in [6.45, 7) is 2.05. The van der Waals surface area contributed by atoms with Gasteiger partial charge in [-0.1, -0.05) is 35.0 Å². The zero-order valence-electron chi connectivity index (χ0n) is 11.4. The summed E-state index contributed by atoms with van der Waals surface area (Å²) in [6.07, 6.45) is 2.17. The van der Waals surface area contributed by atoms with E-state index in [-0.39, 0.29) is 0 Å². The average Bonchev–Trinajstić information content (AvgIpc) is 2.96. The van der Waals surface area contributed by atoms with E-state index in [2.05, 4.69) is 21.2 Å². The molecule has 0 bridgehead atoms. The monoisotopic (exact) mass is 276 g/mol. The van der Waals surface area contributed by atoms with E-state index in [0.717, 1.165) is 5.56 Å². The Balaban J connectivity index is 1.85. The molecule has 3 rings (SSSR count). The van der Waals surface area contributed by atoms with Crippen molar-refractivity contribution in [3.05, 3.63) is 65.2 Å². The first-order chi connectivity index (χ1) is 10.2. The highest BCUT2D eigenvalue weighted by atomic mass is 16.5. The van der Waals surface area contributed by atoms with E-state index in [1.165, 1.54) is 5.56 Å². The highest BCUT2D eigenvalue weighted by Crippen LogP contribution is 2.18. The third kappa shape index (κ3) is 2.95. The van der Waals surface area contributed by atoms with Gasteiger partial charge in [0.05, 0.1) is 0 Å². The molecular formula is C16H12N4O. The van der Waals surface area contributed by atoms with Crippen LogP contribution in [0.1, 0.15) is 22.6 Å². The Bertz CT molecular complexity index is 817. The molecule has 3 aromatic rings. The van der Waals surface area contributed by atoms with Gasteiger partial charge in [0.25, 0.3) is 5.89 Å². The van der Waals surface area contributed by atoms with Crippen LogP contribution in [0.25, 0.3) is 11.5 Å². The summed E-state index contributed by atoms with van der Waals surface area (Å²) in [4.78, 5) is 8.28. The van der Waals surface area contributed by atoms with Crippen molar-refractivity contribution >= 4 is 0 Å². The van der Waals surface area contributed by atoms with Gasteiger partial charge in [-0.25, -0.2) is 4.98 Å². The Hall–Kier alpha value is -3.00. The van der Waals surface area contributed by atoms with Gasteiger partial charge in [-0.2, -0.15) is 10.2 Å². The highest BCUT2D eigenvalue weighted by molar-refractivity contribution is 5.54. The third-order valence-corrected chi connectivity index (χ3v) is 3.03. The van der Waals surface area contributed by atoms with E-state index in [1.54, 1.807) is 18.3 Å². The van der Waals surface area contributed by atoms with Gasteiger partial charge in [0.15, 0.2) is 5.82 Å². The van der Waals surface area contributed by atoms with Gasteiger partial charge in [0, 0.05) is 18.2 Å². The number of hydrogen-bond acceptors (Lipinski definition) is 5. The minimum absolute atomic E-state index is 0.325. The molecule has 0 radical (unpaired) electrons. The lowest BCUT2D eigenvalue weighted by atomic mass is 10.1. The first-order valence-corrected chi connectivity index (χ1v) is 6.49. The second-order valence-corrected chi connectivity index (χ2v) is 4.72. The van der Waals surface area contributed by atoms with Crippen LogP contribution < -0.4 is 0 Å². The summed E-state index contributed by atoms with van der Waals surface area (Å²) in [5.74, 6) is 1.02. The summed E-state index contributed by atoms with van der Waals surface area (Å²) >= 11 is 0. The maximum absolute atomic E-state index is 8.86. The zero-order chi connectivity index (χ0) is 14.7. The van der Waals surface area contributed by atoms with Gasteiger partial charge in [0.2, 0.25) is 0 Å². The van der Waals surface area contributed by atoms with Crippen LogP contribution >= 0.6 is 0 Å². The molecule has 0 saturated heterocycles. The Kier molecular flexibility index (Phi) is 3.44. The number of hydrogen-bond donors (Lipinski definition) is 0. The molecule has 0 spiro atoms. The summed E-state index contributed by atoms with van der Waals surface area (Å²) < 4.78 is 5.25. The number of nitrogens with zero attached hydrogens (tertiary/aromatic N) is 4. The molecule has 2 aromatic heterocycles. The number of aromatic nitrogens is 3. The second kappa shape index (κ2) is 5.55. The summed E-state index contributed by atoms with van der Waals surface area (Å²) in [5, 5.41) is 12.8. The van der Waals surface area contributed by atoms with E-state index >= 15 is 0 Å². The maximum Gasteiger partial charge on any atom is 0.258 e. The van der Waals surface area contributed by atoms with Crippen molar-refractivity contribution in [1.29, 1.82) is 5.26 Å². The maximum atomic E-state index is 8.86. The van der Waals surface area contributed by atoms with E-state index in [1.807, 2.05) is 31.2 Å². The minimum atomic E-state index is 0.325. The van der Waals surface area contributed by atoms with Gasteiger partial charge in [-0.3, -0.25) is 0 Å². The van der Waals surface area contributed by atoms with Gasteiger partial charge < -0.3 is 4.52 Å². The molecule has 21 heavy (non-hydrogen) atoms. The smallest absolute Gasteiger partial charge is 0.258 e. The lowest BCUT2D eigenvalue weighted by Gasteiger charge is -1.97. The quantitative estimate of drug-likeness (QED) is 0.735. The standard InChI is InChI=1S/C16H12N4O/c1-11-3-2-4-12(7-11)8-15-19-16(21-20-15)13-5-6-18-14(9-13)10-17/h2-7,9H,8H2,1H3. The molecule has 0 aliphatic rings. The largest absolute Gasteiger partial charge is 0.334 e. The van der Waals surface area contributed by atoms with Crippen molar-refractivity contribution in [2.24, 2.45) is 0 Å². The number of nitriles is 1. The topological polar surface area (TPSA) is 75.6 Å². The molecule has 5 heteroatoms. The van der Waals surface area contributed by atoms with Crippen LogP contribution in [0.5, 0.6) is 0 Å². The summed E-state index contributed by atoms with van der Waals surface area (Å²) in [6, 6.07) is 13.5. The Morgan fingerprint density at radius 3 is 2.95 bits per heavy atom. The Labute approximate surface area is 121 Å². The second-order valence-electron chi connectivity index (χ2n) is 4.72. The van der Waals surface area contributed by atoms with Crippen LogP contribution in [0.15, 0.2) is 47.1 Å². The third-order valence-electron chi connectivity index (χ3n) is 3.03. The molecule has 0 aliphatic carbocycles. The molecule has 0 saturated carbocycles. The van der Waals surface area contributed by atoms with Crippen molar-refractivity contribution in [3.8, 4) is 17.5 Å². The zero-order valence-corrected chi connectivity index (χ0v) is 11.4. The van der Waals surface area contributed by atoms with Crippen LogP contribution in [0.4, 0.5) is 0 Å². The number of aryl methyl sites for hydroxylation is 1. The summed E-state index contributed by atoms with van der Waals surface area (Å²) in [7, 11) is 0. The van der Waals surface area contributed by atoms with Gasteiger partial charge in [0.1, 0.15) is 11.8 Å². The number of pyridine rings is 1. The predicted molar refractivity (Wildman–Crippen MR) is 76.2 cm³/mol. The fraction of sp³-hybridized carbons (Fsp3) is 0.125. The molecule has 0 unspecified atom stereocenters. The fourth-order valence-corrected chi connectivity index (χ4v) is 2.07. The molecule has 2 heterocycles. The van der Waals surface area contributed by atoms with Crippen LogP contribution in [0.2, 0.25) is 0 Å². The number of rotatable bonds is 3. The van der Waals surface area contributed by atoms with Crippen molar-refractivity contribution in [2.45, 2.75) is 13.3 Å². The van der Waals surface area contributed by atoms with E-state index in [4.69, 9.17) is 9.78 Å². The first-order valence-electron chi connectivity index (χ1n) is 6.49. The Morgan fingerprint density at radius 2 is 2.14 bits per heavy atom. The Morgan fingerprint density at radius 1 is 1.24 bits per heavy atom. The van der Waals surface area contributed by atoms with E-state index in [0.29, 0.717) is 29.4 Å². The molecule has 5 nitrogen and oxygen atoms in total. The van der Waals surface area contributed by atoms with Gasteiger partial charge in [-0.15, -0.1) is 0 Å². The first kappa shape index (κ1) is 13.0. The van der Waals surface area contributed by atoms with Crippen LogP contribution in [0, 0.1) is 18.3 Å². The van der Waals surface area contributed by atoms with Crippen molar-refractivity contribution in [1.82, 2.24) is 15.1 Å². The highest BCUT2D eigenvalue weighted by Gasteiger charge is 2.10. The van der Waals surface area contributed by atoms with Crippen LogP contribution in [0.3, 0.4) is 0 Å². The molecule has 0 amide bonds. The van der Waals surface area contributed by atoms with Crippen LogP contribution in [-0.4, -0.2) is 15.1 Å². The molecule has 1 aromatic carbocycles. The van der Waals surface area contributed by atoms with Crippen molar-refractivity contribution in [2.75, 3.05) is 0 Å². The van der Waals surface area contributed by atoms with Crippen molar-refractivity contribution < 1.29 is 4.52 Å². The molecule has 102 valence electrons. The van der Waals surface area contributed by atoms with E-state index < -0.39 is 0 Å². The van der Waals surface area contributed by atoms with E-state index in [9.17, 15) is 0 Å². The predicted octanol–water partition coefficient (Wildman–Crippen LogP) is 2.90. The minimum Gasteiger partial charge on any atom is -0.334 e. The average molecular weight is 276 g/mol. The number of benzene rings is 1. The lowest BCUT2D eigenvalue weighted by molar-refractivity contribution is 0.424. The molecule has 0 aliphatic heterocycles. The lowest BCUT2D eigenvalue weighted by Crippen LogP contribution is -1.91. The molecule has 0 fully saturated rings. The SMILES string of the molecule is Cc1cccc(Cc2noc(-c3ccnc(C#N)c3)n2)c1. The molecule has 0 atom stereocenters. The van der Waals surface area contributed by atoms with Crippen molar-refractivity contribution in [3.63, 3.8) is 0 Å². The fourth-order valence-electron chi connectivity index (χ4n) is 2.07. The normalized spacial score (nSPS) is 10.3. The van der Waals surface area contributed by atoms with Gasteiger partial charge in [-0.05, 0) is 24.6 Å². The summed E-state index contributed by atoms with van der Waals surface area (Å²) in [5.41, 5.74) is 3.36. The molecular weight excluding hydrogens is 264 g/mol. The molecule has 0 N–H and O–H groups in total.